The summed E-state index contributed by atoms with van der Waals surface area (Å²) in [5.41, 5.74) is 8.09. The van der Waals surface area contributed by atoms with Crippen LogP contribution in [0.5, 0.6) is 0 Å². The molecule has 0 fully saturated rings. The van der Waals surface area contributed by atoms with Crippen LogP contribution in [0.1, 0.15) is 40.5 Å². The van der Waals surface area contributed by atoms with Gasteiger partial charge in [-0.25, -0.2) is 4.98 Å². The van der Waals surface area contributed by atoms with E-state index in [1.165, 1.54) is 11.5 Å². The van der Waals surface area contributed by atoms with Crippen molar-refractivity contribution < 1.29 is 4.79 Å². The first-order chi connectivity index (χ1) is 12.4. The molecular weight excluding hydrogens is 346 g/mol. The van der Waals surface area contributed by atoms with Crippen LogP contribution in [-0.4, -0.2) is 31.6 Å². The molecular formula is C19H27N5OS. The first kappa shape index (κ1) is 18.8. The van der Waals surface area contributed by atoms with Crippen molar-refractivity contribution >= 4 is 39.3 Å². The summed E-state index contributed by atoms with van der Waals surface area (Å²) < 4.78 is 6.47. The van der Waals surface area contributed by atoms with Crippen LogP contribution in [-0.2, 0) is 4.79 Å². The van der Waals surface area contributed by atoms with Gasteiger partial charge >= 0.3 is 0 Å². The van der Waals surface area contributed by atoms with E-state index in [0.717, 1.165) is 22.4 Å². The Morgan fingerprint density at radius 1 is 1.19 bits per heavy atom. The van der Waals surface area contributed by atoms with E-state index in [1.807, 2.05) is 28.7 Å². The smallest absolute Gasteiger partial charge is 0.221 e. The van der Waals surface area contributed by atoms with Crippen molar-refractivity contribution in [1.29, 1.82) is 0 Å². The number of anilines is 1. The van der Waals surface area contributed by atoms with Crippen LogP contribution >= 0.6 is 11.5 Å². The molecule has 1 aromatic carbocycles. The Balaban J connectivity index is 1.91. The van der Waals surface area contributed by atoms with Crippen LogP contribution in [0.15, 0.2) is 24.3 Å². The maximum Gasteiger partial charge on any atom is 0.221 e. The number of nitrogens with two attached hydrogens (primary N) is 1. The number of aromatic nitrogens is 3. The lowest BCUT2D eigenvalue weighted by Crippen LogP contribution is -2.44. The van der Waals surface area contributed by atoms with Crippen molar-refractivity contribution in [2.75, 3.05) is 5.32 Å². The second-order valence-electron chi connectivity index (χ2n) is 7.69. The van der Waals surface area contributed by atoms with Crippen LogP contribution < -0.4 is 11.1 Å². The highest BCUT2D eigenvalue weighted by Gasteiger charge is 2.27. The SMILES string of the molecule is CC(C)CC(Nc1nsc2nc3ccccc3n12)C(=O)[C@@H](N)CC(C)C. The number of carbonyl (C=O) groups excluding carboxylic acids is 1. The number of carbonyl (C=O) groups is 1. The van der Waals surface area contributed by atoms with Gasteiger partial charge in [-0.1, -0.05) is 39.8 Å². The number of nitrogens with one attached hydrogen (secondary N) is 1. The van der Waals surface area contributed by atoms with E-state index in [9.17, 15) is 4.79 Å². The zero-order valence-corrected chi connectivity index (χ0v) is 16.6. The van der Waals surface area contributed by atoms with E-state index in [1.54, 1.807) is 0 Å². The summed E-state index contributed by atoms with van der Waals surface area (Å²) in [5.74, 6) is 1.47. The number of nitrogens with zero attached hydrogens (tertiary/aromatic N) is 3. The molecule has 2 aromatic heterocycles. The molecule has 3 aromatic rings. The van der Waals surface area contributed by atoms with Gasteiger partial charge in [0.05, 0.1) is 23.1 Å². The Hall–Kier alpha value is -1.99. The van der Waals surface area contributed by atoms with Crippen LogP contribution in [0.3, 0.4) is 0 Å². The molecule has 0 saturated carbocycles. The van der Waals surface area contributed by atoms with E-state index in [2.05, 4.69) is 42.4 Å². The predicted octanol–water partition coefficient (Wildman–Crippen LogP) is 3.71. The average Bonchev–Trinajstić information content (AvgIpc) is 3.12. The van der Waals surface area contributed by atoms with Crippen molar-refractivity contribution in [1.82, 2.24) is 13.8 Å². The Kier molecular flexibility index (Phi) is 5.58. The average molecular weight is 374 g/mol. The summed E-state index contributed by atoms with van der Waals surface area (Å²) in [7, 11) is 0. The predicted molar refractivity (Wildman–Crippen MR) is 108 cm³/mol. The Morgan fingerprint density at radius 3 is 2.58 bits per heavy atom. The van der Waals surface area contributed by atoms with Gasteiger partial charge in [-0.3, -0.25) is 9.20 Å². The van der Waals surface area contributed by atoms with Gasteiger partial charge in [-0.15, -0.1) is 0 Å². The molecule has 0 aliphatic rings. The minimum atomic E-state index is -0.458. The van der Waals surface area contributed by atoms with Crippen LogP contribution in [0.4, 0.5) is 5.95 Å². The van der Waals surface area contributed by atoms with E-state index in [4.69, 9.17) is 5.73 Å². The van der Waals surface area contributed by atoms with Gasteiger partial charge in [0.2, 0.25) is 10.9 Å². The number of benzene rings is 1. The van der Waals surface area contributed by atoms with Gasteiger partial charge in [0.25, 0.3) is 0 Å². The molecule has 3 N–H and O–H groups in total. The summed E-state index contributed by atoms with van der Waals surface area (Å²) in [6.07, 6.45) is 1.41. The standard InChI is InChI=1S/C19H27N5OS/c1-11(2)9-13(20)17(25)15(10-12(3)4)21-18-23-26-19-22-14-7-5-6-8-16(14)24(18)19/h5-8,11-13,15H,9-10,20H2,1-4H3,(H,21,23)/t13-,15?/m0/s1. The Bertz CT molecular complexity index is 898. The molecule has 2 heterocycles. The minimum Gasteiger partial charge on any atom is -0.345 e. The number of para-hydroxylation sites is 2. The van der Waals surface area contributed by atoms with E-state index in [0.29, 0.717) is 24.2 Å². The Morgan fingerprint density at radius 2 is 1.88 bits per heavy atom. The fourth-order valence-corrected chi connectivity index (χ4v) is 3.95. The van der Waals surface area contributed by atoms with Crippen molar-refractivity contribution in [3.05, 3.63) is 24.3 Å². The molecule has 6 nitrogen and oxygen atoms in total. The molecule has 0 radical (unpaired) electrons. The van der Waals surface area contributed by atoms with Gasteiger partial charge in [-0.05, 0) is 36.8 Å². The quantitative estimate of drug-likeness (QED) is 0.629. The third kappa shape index (κ3) is 3.88. The first-order valence-corrected chi connectivity index (χ1v) is 9.92. The summed E-state index contributed by atoms with van der Waals surface area (Å²) in [4.78, 5) is 18.4. The molecule has 0 saturated heterocycles. The molecule has 0 spiro atoms. The van der Waals surface area contributed by atoms with Crippen molar-refractivity contribution in [3.8, 4) is 0 Å². The fraction of sp³-hybridized carbons (Fsp3) is 0.526. The van der Waals surface area contributed by atoms with E-state index < -0.39 is 6.04 Å². The zero-order chi connectivity index (χ0) is 18.8. The van der Waals surface area contributed by atoms with Gasteiger partial charge < -0.3 is 11.1 Å². The van der Waals surface area contributed by atoms with Crippen molar-refractivity contribution in [2.24, 2.45) is 17.6 Å². The molecule has 140 valence electrons. The maximum atomic E-state index is 12.9. The highest BCUT2D eigenvalue weighted by molar-refractivity contribution is 7.11. The number of hydrogen-bond donors (Lipinski definition) is 2. The lowest BCUT2D eigenvalue weighted by molar-refractivity contribution is -0.121. The van der Waals surface area contributed by atoms with Crippen molar-refractivity contribution in [2.45, 2.75) is 52.6 Å². The first-order valence-electron chi connectivity index (χ1n) is 9.15. The minimum absolute atomic E-state index is 0.0537. The topological polar surface area (TPSA) is 85.3 Å². The molecule has 26 heavy (non-hydrogen) atoms. The van der Waals surface area contributed by atoms with E-state index >= 15 is 0 Å². The number of ketones is 1. The molecule has 3 rings (SSSR count). The van der Waals surface area contributed by atoms with Crippen LogP contribution in [0.2, 0.25) is 0 Å². The molecule has 1 unspecified atom stereocenters. The fourth-order valence-electron chi connectivity index (χ4n) is 3.24. The molecule has 2 atom stereocenters. The highest BCUT2D eigenvalue weighted by atomic mass is 32.1. The largest absolute Gasteiger partial charge is 0.345 e. The Labute approximate surface area is 158 Å². The number of fused-ring (bicyclic) bond motifs is 3. The van der Waals surface area contributed by atoms with Gasteiger partial charge in [0, 0.05) is 11.5 Å². The van der Waals surface area contributed by atoms with Gasteiger partial charge in [0.1, 0.15) is 0 Å². The third-order valence-electron chi connectivity index (χ3n) is 4.40. The zero-order valence-electron chi connectivity index (χ0n) is 15.8. The number of rotatable bonds is 8. The summed E-state index contributed by atoms with van der Waals surface area (Å²) in [6, 6.07) is 7.13. The maximum absolute atomic E-state index is 12.9. The van der Waals surface area contributed by atoms with Crippen LogP contribution in [0.25, 0.3) is 16.0 Å². The summed E-state index contributed by atoms with van der Waals surface area (Å²) >= 11 is 1.33. The lowest BCUT2D eigenvalue weighted by Gasteiger charge is -2.23. The number of Topliss-reactive ketones (excluding diaryl/α,β-unsaturated/α-hetero) is 1. The molecule has 7 heteroatoms. The monoisotopic (exact) mass is 373 g/mol. The normalized spacial score (nSPS) is 14.4. The van der Waals surface area contributed by atoms with Crippen LogP contribution in [0, 0.1) is 11.8 Å². The van der Waals surface area contributed by atoms with E-state index in [-0.39, 0.29) is 11.8 Å². The number of imidazole rings is 1. The summed E-state index contributed by atoms with van der Waals surface area (Å²) in [5, 5.41) is 3.36. The number of hydrogen-bond acceptors (Lipinski definition) is 6. The van der Waals surface area contributed by atoms with Crippen molar-refractivity contribution in [3.63, 3.8) is 0 Å². The third-order valence-corrected chi connectivity index (χ3v) is 5.10. The summed E-state index contributed by atoms with van der Waals surface area (Å²) in [6.45, 7) is 8.39. The molecule has 0 amide bonds. The highest BCUT2D eigenvalue weighted by Crippen LogP contribution is 2.25. The second kappa shape index (κ2) is 7.72. The lowest BCUT2D eigenvalue weighted by atomic mass is 9.92. The molecule has 0 aliphatic heterocycles. The second-order valence-corrected chi connectivity index (χ2v) is 8.42. The molecule has 0 aliphatic carbocycles. The van der Waals surface area contributed by atoms with Gasteiger partial charge in [-0.2, -0.15) is 4.37 Å². The molecule has 0 bridgehead atoms. The van der Waals surface area contributed by atoms with Gasteiger partial charge in [0.15, 0.2) is 5.78 Å².